The summed E-state index contributed by atoms with van der Waals surface area (Å²) < 4.78 is 7.52. The summed E-state index contributed by atoms with van der Waals surface area (Å²) in [5.41, 5.74) is 9.16. The minimum atomic E-state index is -1.79. The number of aliphatic carboxylic acids is 2. The van der Waals surface area contributed by atoms with Crippen LogP contribution in [0.25, 0.3) is 0 Å². The number of amides is 2. The van der Waals surface area contributed by atoms with Crippen molar-refractivity contribution in [3.05, 3.63) is 35.6 Å². The third-order valence-corrected chi connectivity index (χ3v) is 7.72. The number of aromatic nitrogens is 4. The van der Waals surface area contributed by atoms with E-state index in [0.29, 0.717) is 18.7 Å². The van der Waals surface area contributed by atoms with Crippen LogP contribution < -0.4 is 26.6 Å². The molecule has 0 unspecified atom stereocenters. The molecule has 4 rings (SSSR count). The highest BCUT2D eigenvalue weighted by molar-refractivity contribution is 8.00. The van der Waals surface area contributed by atoms with Crippen LogP contribution in [0.15, 0.2) is 34.9 Å². The van der Waals surface area contributed by atoms with Gasteiger partial charge in [-0.2, -0.15) is 14.0 Å². The number of nitrogens with zero attached hydrogens (tertiary/aromatic N) is 6. The number of anilines is 1. The van der Waals surface area contributed by atoms with Crippen LogP contribution in [0.2, 0.25) is 0 Å². The molecule has 0 aliphatic carbocycles. The molecule has 0 radical (unpaired) electrons. The van der Waals surface area contributed by atoms with Crippen LogP contribution in [0.1, 0.15) is 19.7 Å². The molecule has 2 aromatic heterocycles. The van der Waals surface area contributed by atoms with Crippen molar-refractivity contribution in [3.8, 4) is 0 Å². The zero-order valence-corrected chi connectivity index (χ0v) is 22.4. The molecular weight excluding hydrogens is 554 g/mol. The second-order valence-electron chi connectivity index (χ2n) is 8.94. The van der Waals surface area contributed by atoms with E-state index in [-0.39, 0.29) is 29.0 Å². The van der Waals surface area contributed by atoms with Gasteiger partial charge >= 0.3 is 5.97 Å². The minimum absolute atomic E-state index is 0.0171. The summed E-state index contributed by atoms with van der Waals surface area (Å²) in [6.45, 7) is 3.54. The first-order valence-corrected chi connectivity index (χ1v) is 13.3. The summed E-state index contributed by atoms with van der Waals surface area (Å²) in [4.78, 5) is 59.7. The van der Waals surface area contributed by atoms with E-state index in [1.54, 1.807) is 23.1 Å². The van der Waals surface area contributed by atoms with Crippen molar-refractivity contribution < 1.29 is 38.9 Å². The highest BCUT2D eigenvalue weighted by Gasteiger charge is 2.53. The van der Waals surface area contributed by atoms with Crippen molar-refractivity contribution in [1.82, 2.24) is 24.3 Å². The summed E-state index contributed by atoms with van der Waals surface area (Å²) >= 11 is 2.04. The van der Waals surface area contributed by atoms with E-state index >= 15 is 0 Å². The third-order valence-electron chi connectivity index (χ3n) is 5.83. The predicted molar refractivity (Wildman–Crippen MR) is 134 cm³/mol. The molecule has 2 aromatic rings. The molecule has 16 nitrogen and oxygen atoms in total. The largest absolute Gasteiger partial charge is 0.543 e. The fraction of sp³-hybridized carbons (Fsp3) is 0.429. The molecule has 1 fully saturated rings. The average molecular weight is 580 g/mol. The Morgan fingerprint density at radius 2 is 2.15 bits per heavy atom. The Balaban J connectivity index is 1.55. The van der Waals surface area contributed by atoms with Crippen LogP contribution in [0.4, 0.5) is 5.13 Å². The van der Waals surface area contributed by atoms with Crippen LogP contribution in [0.5, 0.6) is 0 Å². The van der Waals surface area contributed by atoms with Gasteiger partial charge in [-0.05, 0) is 13.8 Å². The maximum Gasteiger partial charge on any atom is 0.350 e. The van der Waals surface area contributed by atoms with Crippen LogP contribution >= 0.6 is 23.3 Å². The molecule has 18 heteroatoms. The molecule has 4 heterocycles. The predicted octanol–water partition coefficient (Wildman–Crippen LogP) is -3.14. The molecule has 0 bridgehead atoms. The number of hydrogen-bond acceptors (Lipinski definition) is 13. The lowest BCUT2D eigenvalue weighted by Gasteiger charge is -2.50. The zero-order valence-electron chi connectivity index (χ0n) is 20.8. The molecule has 1 saturated heterocycles. The van der Waals surface area contributed by atoms with E-state index in [0.717, 1.165) is 16.4 Å². The topological polar surface area (TPSA) is 235 Å². The van der Waals surface area contributed by atoms with Gasteiger partial charge in [-0.15, -0.1) is 16.4 Å². The first-order chi connectivity index (χ1) is 18.4. The molecule has 2 atom stereocenters. The number of fused-ring (bicyclic) bond motifs is 1. The summed E-state index contributed by atoms with van der Waals surface area (Å²) in [5.74, 6) is -4.44. The molecule has 2 amide bonds. The normalized spacial score (nSPS) is 19.4. The minimum Gasteiger partial charge on any atom is -0.543 e. The van der Waals surface area contributed by atoms with Gasteiger partial charge < -0.3 is 36.6 Å². The maximum absolute atomic E-state index is 13.1. The summed E-state index contributed by atoms with van der Waals surface area (Å²) in [6, 6.07) is 0.681. The smallest absolute Gasteiger partial charge is 0.350 e. The Kier molecular flexibility index (Phi) is 7.89. The van der Waals surface area contributed by atoms with E-state index < -0.39 is 46.5 Å². The molecule has 2 aliphatic rings. The van der Waals surface area contributed by atoms with Gasteiger partial charge in [-0.25, -0.2) is 4.79 Å². The van der Waals surface area contributed by atoms with Crippen molar-refractivity contribution in [2.45, 2.75) is 44.0 Å². The first kappa shape index (κ1) is 28.0. The van der Waals surface area contributed by atoms with E-state index in [2.05, 4.69) is 19.8 Å². The Hall–Kier alpha value is -4.03. The first-order valence-electron chi connectivity index (χ1n) is 11.5. The number of carboxylic acid groups (broad SMARTS) is 2. The highest BCUT2D eigenvalue weighted by atomic mass is 32.2. The Bertz CT molecular complexity index is 1380. The number of nitrogen functional groups attached to an aromatic ring is 1. The maximum atomic E-state index is 13.1. The van der Waals surface area contributed by atoms with Crippen LogP contribution in [0.3, 0.4) is 0 Å². The lowest BCUT2D eigenvalue weighted by molar-refractivity contribution is -0.768. The summed E-state index contributed by atoms with van der Waals surface area (Å²) in [6.07, 6.45) is 3.57. The highest BCUT2D eigenvalue weighted by Crippen LogP contribution is 2.40. The quantitative estimate of drug-likeness (QED) is 0.0894. The number of nitrogens with one attached hydrogen (secondary N) is 1. The second-order valence-corrected chi connectivity index (χ2v) is 10.8. The number of thioether (sulfide) groups is 1. The molecule has 6 N–H and O–H groups in total. The number of β-lactam (4-membered cyclic amide) rings is 1. The van der Waals surface area contributed by atoms with Crippen LogP contribution in [-0.4, -0.2) is 82.8 Å². The lowest BCUT2D eigenvalue weighted by atomic mass is 10.0. The number of nitrogens with two attached hydrogens (primary N) is 2. The number of oxime groups is 1. The molecule has 0 spiro atoms. The second kappa shape index (κ2) is 11.0. The number of carboxylic acids is 2. The third kappa shape index (κ3) is 5.57. The van der Waals surface area contributed by atoms with E-state index in [4.69, 9.17) is 16.3 Å². The van der Waals surface area contributed by atoms with Gasteiger partial charge in [0.05, 0.1) is 24.4 Å². The van der Waals surface area contributed by atoms with Gasteiger partial charge in [-0.3, -0.25) is 14.5 Å². The van der Waals surface area contributed by atoms with Crippen LogP contribution in [-0.2, 0) is 37.1 Å². The van der Waals surface area contributed by atoms with Crippen molar-refractivity contribution in [3.63, 3.8) is 0 Å². The van der Waals surface area contributed by atoms with E-state index in [1.807, 2.05) is 4.68 Å². The van der Waals surface area contributed by atoms with Crippen LogP contribution in [0, 0.1) is 0 Å². The van der Waals surface area contributed by atoms with Gasteiger partial charge in [-0.1, -0.05) is 5.16 Å². The SMILES string of the molecule is CC(C)(O/N=C(/C(=O)N[C@@H]1C(=O)N2C(C(=O)[O-])=C(C[n+]3cccn3CCN)CS[C@H]12)c1nsc(N)n1)C(=O)O. The number of rotatable bonds is 11. The Morgan fingerprint density at radius 1 is 1.41 bits per heavy atom. The summed E-state index contributed by atoms with van der Waals surface area (Å²) in [5, 5.41) is 26.8. The Morgan fingerprint density at radius 3 is 2.77 bits per heavy atom. The van der Waals surface area contributed by atoms with Gasteiger partial charge in [0.25, 0.3) is 11.8 Å². The van der Waals surface area contributed by atoms with Crippen molar-refractivity contribution in [1.29, 1.82) is 0 Å². The monoisotopic (exact) mass is 579 g/mol. The number of carbonyl (C=O) groups is 4. The van der Waals surface area contributed by atoms with Crippen molar-refractivity contribution in [2.75, 3.05) is 18.0 Å². The molecule has 0 saturated carbocycles. The standard InChI is InChI=1S/C21H25N9O7S2/c1-21(2,19(35)36)37-26-11(14-25-20(23)39-27-14)15(31)24-12-16(32)30-13(18(33)34)10(9-38-17(12)30)8-29-6-3-5-28(29)7-4-22/h3,5-6,12,17H,4,7-9,22H2,1-2H3,(H4-,23,24,25,27,31,33,34,35,36)/b26-11+/t12-,17-/m1/s1. The average Bonchev–Trinajstić information content (AvgIpc) is 3.50. The number of hydrogen-bond donors (Lipinski definition) is 4. The van der Waals surface area contributed by atoms with Crippen molar-refractivity contribution in [2.24, 2.45) is 10.9 Å². The number of carbonyl (C=O) groups excluding carboxylic acids is 3. The zero-order chi connectivity index (χ0) is 28.5. The van der Waals surface area contributed by atoms with Gasteiger partial charge in [0.15, 0.2) is 17.9 Å². The molecule has 2 aliphatic heterocycles. The van der Waals surface area contributed by atoms with Gasteiger partial charge in [0, 0.05) is 35.5 Å². The van der Waals surface area contributed by atoms with Gasteiger partial charge in [0.1, 0.15) is 11.4 Å². The van der Waals surface area contributed by atoms with Crippen molar-refractivity contribution >= 4 is 57.9 Å². The molecule has 39 heavy (non-hydrogen) atoms. The fourth-order valence-corrected chi connectivity index (χ4v) is 5.57. The summed E-state index contributed by atoms with van der Waals surface area (Å²) in [7, 11) is 0. The lowest BCUT2D eigenvalue weighted by Crippen LogP contribution is -2.71. The molecule has 0 aromatic carbocycles. The van der Waals surface area contributed by atoms with E-state index in [9.17, 15) is 29.4 Å². The Labute approximate surface area is 229 Å². The fourth-order valence-electron chi connectivity index (χ4n) is 3.80. The molecular formula is C21H25N9O7S2. The van der Waals surface area contributed by atoms with E-state index in [1.165, 1.54) is 25.6 Å². The van der Waals surface area contributed by atoms with Gasteiger partial charge in [0.2, 0.25) is 17.1 Å². The molecule has 208 valence electrons.